The maximum Gasteiger partial charge on any atom is 0.263 e. The zero-order valence-corrected chi connectivity index (χ0v) is 15.4. The van der Waals surface area contributed by atoms with E-state index < -0.39 is 17.7 Å². The second kappa shape index (κ2) is 7.64. The van der Waals surface area contributed by atoms with E-state index in [0.717, 1.165) is 38.5 Å². The predicted molar refractivity (Wildman–Crippen MR) is 100 cm³/mol. The zero-order chi connectivity index (χ0) is 18.1. The molecular formula is C19H23FN2O3S. The van der Waals surface area contributed by atoms with Crippen molar-refractivity contribution >= 4 is 29.2 Å². The second-order valence-electron chi connectivity index (χ2n) is 7.41. The maximum atomic E-state index is 14.3. The second-order valence-corrected chi connectivity index (χ2v) is 8.70. The van der Waals surface area contributed by atoms with Crippen molar-refractivity contribution in [3.05, 3.63) is 23.7 Å². The monoisotopic (exact) mass is 378 g/mol. The van der Waals surface area contributed by atoms with Crippen LogP contribution in [0.3, 0.4) is 0 Å². The predicted octanol–water partition coefficient (Wildman–Crippen LogP) is 3.20. The van der Waals surface area contributed by atoms with E-state index in [1.807, 2.05) is 0 Å². The molecule has 0 spiro atoms. The van der Waals surface area contributed by atoms with Crippen LogP contribution in [-0.2, 0) is 9.53 Å². The molecule has 0 aromatic rings. The van der Waals surface area contributed by atoms with E-state index in [0.29, 0.717) is 40.8 Å². The fourth-order valence-corrected chi connectivity index (χ4v) is 4.51. The van der Waals surface area contributed by atoms with Gasteiger partial charge in [-0.15, -0.1) is 0 Å². The van der Waals surface area contributed by atoms with Crippen LogP contribution in [0.1, 0.15) is 38.5 Å². The first-order valence-electron chi connectivity index (χ1n) is 9.29. The van der Waals surface area contributed by atoms with E-state index in [1.165, 1.54) is 6.08 Å². The molecule has 0 aromatic carbocycles. The van der Waals surface area contributed by atoms with Crippen molar-refractivity contribution in [3.63, 3.8) is 0 Å². The molecule has 4 rings (SSSR count). The van der Waals surface area contributed by atoms with E-state index in [1.54, 1.807) is 17.8 Å². The van der Waals surface area contributed by atoms with Crippen LogP contribution in [0.4, 0.5) is 4.39 Å². The van der Waals surface area contributed by atoms with E-state index in [-0.39, 0.29) is 6.10 Å². The Labute approximate surface area is 156 Å². The number of rotatable bonds is 6. The van der Waals surface area contributed by atoms with Crippen LogP contribution in [0.2, 0.25) is 0 Å². The van der Waals surface area contributed by atoms with Crippen molar-refractivity contribution in [1.82, 2.24) is 0 Å². The van der Waals surface area contributed by atoms with Gasteiger partial charge in [-0.1, -0.05) is 0 Å². The third kappa shape index (κ3) is 4.26. The lowest BCUT2D eigenvalue weighted by Crippen LogP contribution is -2.31. The van der Waals surface area contributed by atoms with Gasteiger partial charge in [-0.3, -0.25) is 4.79 Å². The maximum absolute atomic E-state index is 14.3. The van der Waals surface area contributed by atoms with Gasteiger partial charge in [0.25, 0.3) is 5.91 Å². The number of aliphatic imine (C=N–C) groups is 2. The third-order valence-electron chi connectivity index (χ3n) is 5.16. The van der Waals surface area contributed by atoms with E-state index in [4.69, 9.17) is 4.74 Å². The van der Waals surface area contributed by atoms with Crippen molar-refractivity contribution in [1.29, 1.82) is 0 Å². The average Bonchev–Trinajstić information content (AvgIpc) is 3.43. The quantitative estimate of drug-likeness (QED) is 0.770. The smallest absolute Gasteiger partial charge is 0.263 e. The van der Waals surface area contributed by atoms with Gasteiger partial charge in [0.1, 0.15) is 23.3 Å². The summed E-state index contributed by atoms with van der Waals surface area (Å²) in [7, 11) is 0. The molecule has 7 heteroatoms. The van der Waals surface area contributed by atoms with E-state index in [2.05, 4.69) is 9.98 Å². The molecule has 26 heavy (non-hydrogen) atoms. The molecular weight excluding hydrogens is 355 g/mol. The average molecular weight is 378 g/mol. The number of amides is 1. The highest BCUT2D eigenvalue weighted by molar-refractivity contribution is 8.00. The first-order valence-corrected chi connectivity index (χ1v) is 10.3. The van der Waals surface area contributed by atoms with Gasteiger partial charge in [-0.05, 0) is 44.4 Å². The number of aliphatic hydroxyl groups excluding tert-OH is 1. The molecule has 1 aliphatic heterocycles. The summed E-state index contributed by atoms with van der Waals surface area (Å²) in [6.45, 7) is 0.589. The molecule has 1 amide bonds. The summed E-state index contributed by atoms with van der Waals surface area (Å²) in [6.07, 6.45) is 8.65. The lowest BCUT2D eigenvalue weighted by molar-refractivity contribution is -0.119. The Hall–Kier alpha value is -1.47. The number of hydrogen-bond acceptors (Lipinski definition) is 5. The first-order chi connectivity index (χ1) is 12.6. The van der Waals surface area contributed by atoms with Gasteiger partial charge in [0.15, 0.2) is 0 Å². The topological polar surface area (TPSA) is 71.2 Å². The number of carbonyl (C=O) groups excluding carboxylic acids is 1. The van der Waals surface area contributed by atoms with Gasteiger partial charge in [0.2, 0.25) is 0 Å². The Morgan fingerprint density at radius 1 is 1.15 bits per heavy atom. The Balaban J connectivity index is 1.40. The van der Waals surface area contributed by atoms with Crippen molar-refractivity contribution in [2.24, 2.45) is 21.8 Å². The highest BCUT2D eigenvalue weighted by Gasteiger charge is 2.35. The molecule has 5 nitrogen and oxygen atoms in total. The molecule has 1 atom stereocenters. The minimum Gasteiger partial charge on any atom is -0.493 e. The summed E-state index contributed by atoms with van der Waals surface area (Å²) in [6, 6.07) is 0. The molecule has 140 valence electrons. The number of allylic oxidation sites excluding steroid dienone is 2. The molecule has 2 saturated carbocycles. The van der Waals surface area contributed by atoms with E-state index >= 15 is 0 Å². The fourth-order valence-electron chi connectivity index (χ4n) is 3.39. The molecule has 3 aliphatic carbocycles. The minimum atomic E-state index is -1.01. The summed E-state index contributed by atoms with van der Waals surface area (Å²) >= 11 is 1.71. The van der Waals surface area contributed by atoms with Gasteiger partial charge in [0.05, 0.1) is 24.2 Å². The summed E-state index contributed by atoms with van der Waals surface area (Å²) in [5, 5.41) is 10.0. The molecule has 0 saturated heterocycles. The van der Waals surface area contributed by atoms with E-state index in [9.17, 15) is 14.3 Å². The fraction of sp³-hybridized carbons (Fsp3) is 0.632. The van der Waals surface area contributed by atoms with Crippen molar-refractivity contribution in [2.75, 3.05) is 12.4 Å². The molecule has 0 radical (unpaired) electrons. The van der Waals surface area contributed by atoms with Gasteiger partial charge in [-0.2, -0.15) is 16.8 Å². The lowest BCUT2D eigenvalue weighted by atomic mass is 9.94. The summed E-state index contributed by atoms with van der Waals surface area (Å²) in [5.41, 5.74) is 0.394. The largest absolute Gasteiger partial charge is 0.493 e. The molecule has 0 bridgehead atoms. The van der Waals surface area contributed by atoms with Crippen LogP contribution in [0.15, 0.2) is 33.7 Å². The molecule has 0 aromatic heterocycles. The van der Waals surface area contributed by atoms with Crippen LogP contribution in [0.25, 0.3) is 0 Å². The number of carbonyl (C=O) groups is 1. The first kappa shape index (κ1) is 17.9. The van der Waals surface area contributed by atoms with Gasteiger partial charge in [0, 0.05) is 17.4 Å². The third-order valence-corrected chi connectivity index (χ3v) is 6.53. The SMILES string of the molecule is O=C1N=C(CSC2CCC(O)CC2)N=C2C=C(OCC3CC3)C=C(F)C12. The van der Waals surface area contributed by atoms with Crippen molar-refractivity contribution in [3.8, 4) is 0 Å². The van der Waals surface area contributed by atoms with Crippen LogP contribution < -0.4 is 0 Å². The highest BCUT2D eigenvalue weighted by Crippen LogP contribution is 2.33. The van der Waals surface area contributed by atoms with Crippen LogP contribution in [0, 0.1) is 11.8 Å². The van der Waals surface area contributed by atoms with Crippen LogP contribution in [-0.4, -0.2) is 46.3 Å². The Morgan fingerprint density at radius 2 is 1.92 bits per heavy atom. The van der Waals surface area contributed by atoms with Gasteiger partial charge >= 0.3 is 0 Å². The number of nitrogens with zero attached hydrogens (tertiary/aromatic N) is 2. The number of ether oxygens (including phenoxy) is 1. The Bertz CT molecular complexity index is 704. The number of hydrogen-bond donors (Lipinski definition) is 1. The van der Waals surface area contributed by atoms with Crippen LogP contribution >= 0.6 is 11.8 Å². The van der Waals surface area contributed by atoms with Crippen molar-refractivity contribution in [2.45, 2.75) is 49.9 Å². The molecule has 1 N–H and O–H groups in total. The summed E-state index contributed by atoms with van der Waals surface area (Å²) in [4.78, 5) is 20.7. The minimum absolute atomic E-state index is 0.183. The number of amidine groups is 1. The summed E-state index contributed by atoms with van der Waals surface area (Å²) in [5.74, 6) is -0.0588. The number of halogens is 1. The highest BCUT2D eigenvalue weighted by atomic mass is 32.2. The Kier molecular flexibility index (Phi) is 5.27. The zero-order valence-electron chi connectivity index (χ0n) is 14.6. The normalized spacial score (nSPS) is 31.5. The summed E-state index contributed by atoms with van der Waals surface area (Å²) < 4.78 is 20.0. The van der Waals surface area contributed by atoms with Gasteiger partial charge < -0.3 is 9.84 Å². The lowest BCUT2D eigenvalue weighted by Gasteiger charge is -2.25. The van der Waals surface area contributed by atoms with Gasteiger partial charge in [-0.25, -0.2) is 9.38 Å². The Morgan fingerprint density at radius 3 is 2.65 bits per heavy atom. The molecule has 4 aliphatic rings. The molecule has 1 heterocycles. The standard InChI is InChI=1S/C19H23FN2O3S/c20-15-7-13(25-9-11-1-2-11)8-16-18(15)19(24)22-17(21-16)10-26-14-5-3-12(23)4-6-14/h7-8,11-12,14,18,23H,1-6,9-10H2. The van der Waals surface area contributed by atoms with Crippen molar-refractivity contribution < 1.29 is 19.0 Å². The number of aliphatic hydroxyl groups is 1. The number of fused-ring (bicyclic) bond motifs is 1. The number of thioether (sulfide) groups is 1. The van der Waals surface area contributed by atoms with Crippen LogP contribution in [0.5, 0.6) is 0 Å². The molecule has 2 fully saturated rings. The molecule has 1 unspecified atom stereocenters.